The molecule has 0 saturated carbocycles. The molecule has 0 bridgehead atoms. The van der Waals surface area contributed by atoms with E-state index in [0.717, 1.165) is 7.11 Å². The van der Waals surface area contributed by atoms with E-state index in [4.69, 9.17) is 16.3 Å². The van der Waals surface area contributed by atoms with Crippen molar-refractivity contribution in [2.75, 3.05) is 7.11 Å². The third-order valence-corrected chi connectivity index (χ3v) is 2.02. The molecular formula is C10H16ClF2NO5. The SMILES string of the molecule is COC(=O)[C@@H](O)[C@H](NC(=O)OC(C)(C)C)C(F)(F)Cl. The Balaban J connectivity index is 4.90. The highest BCUT2D eigenvalue weighted by atomic mass is 35.5. The molecule has 1 amide bonds. The van der Waals surface area contributed by atoms with E-state index in [2.05, 4.69) is 4.74 Å². The van der Waals surface area contributed by atoms with E-state index in [-0.39, 0.29) is 0 Å². The fraction of sp³-hybridized carbons (Fsp3) is 0.800. The minimum Gasteiger partial charge on any atom is -0.467 e. The molecule has 0 aliphatic rings. The van der Waals surface area contributed by atoms with E-state index in [1.165, 1.54) is 20.8 Å². The van der Waals surface area contributed by atoms with Crippen molar-refractivity contribution in [2.45, 2.75) is 43.9 Å². The van der Waals surface area contributed by atoms with E-state index in [0.29, 0.717) is 0 Å². The topological polar surface area (TPSA) is 84.9 Å². The fourth-order valence-corrected chi connectivity index (χ4v) is 1.21. The summed E-state index contributed by atoms with van der Waals surface area (Å²) in [7, 11) is 0.891. The van der Waals surface area contributed by atoms with Gasteiger partial charge in [0, 0.05) is 0 Å². The van der Waals surface area contributed by atoms with Gasteiger partial charge in [0.2, 0.25) is 0 Å². The second kappa shape index (κ2) is 6.33. The highest BCUT2D eigenvalue weighted by molar-refractivity contribution is 6.22. The van der Waals surface area contributed by atoms with Crippen LogP contribution in [0.2, 0.25) is 0 Å². The molecule has 0 spiro atoms. The van der Waals surface area contributed by atoms with Gasteiger partial charge < -0.3 is 19.9 Å². The lowest BCUT2D eigenvalue weighted by Gasteiger charge is -2.27. The molecule has 0 saturated heterocycles. The molecule has 0 aliphatic heterocycles. The van der Waals surface area contributed by atoms with E-state index < -0.39 is 35.2 Å². The second-order valence-corrected chi connectivity index (χ2v) is 5.14. The zero-order valence-corrected chi connectivity index (χ0v) is 11.6. The average Bonchev–Trinajstić information content (AvgIpc) is 2.19. The monoisotopic (exact) mass is 303 g/mol. The standard InChI is InChI=1S/C10H16ClF2NO5/c1-9(2,3)19-8(17)14-6(10(11,12)13)5(15)7(16)18-4/h5-6,15H,1-4H3,(H,14,17)/t5-,6-/m0/s1. The van der Waals surface area contributed by atoms with Gasteiger partial charge in [0.05, 0.1) is 7.11 Å². The lowest BCUT2D eigenvalue weighted by atomic mass is 10.1. The molecule has 0 radical (unpaired) electrons. The number of ether oxygens (including phenoxy) is 2. The molecule has 0 unspecified atom stereocenters. The first kappa shape index (κ1) is 17.8. The van der Waals surface area contributed by atoms with Gasteiger partial charge in [0.25, 0.3) is 0 Å². The van der Waals surface area contributed by atoms with Crippen molar-refractivity contribution in [3.05, 3.63) is 0 Å². The number of carbonyl (C=O) groups is 2. The van der Waals surface area contributed by atoms with E-state index in [9.17, 15) is 23.5 Å². The van der Waals surface area contributed by atoms with E-state index in [1.807, 2.05) is 0 Å². The van der Waals surface area contributed by atoms with Crippen molar-refractivity contribution in [1.82, 2.24) is 5.32 Å². The molecule has 0 heterocycles. The molecule has 0 aromatic carbocycles. The normalized spacial score (nSPS) is 15.4. The zero-order chi connectivity index (χ0) is 15.4. The van der Waals surface area contributed by atoms with Gasteiger partial charge in [-0.25, -0.2) is 9.59 Å². The zero-order valence-electron chi connectivity index (χ0n) is 10.9. The van der Waals surface area contributed by atoms with E-state index in [1.54, 1.807) is 5.32 Å². The molecule has 2 atom stereocenters. The summed E-state index contributed by atoms with van der Waals surface area (Å²) in [4.78, 5) is 22.4. The molecule has 19 heavy (non-hydrogen) atoms. The molecule has 0 fully saturated rings. The van der Waals surface area contributed by atoms with Crippen molar-refractivity contribution in [2.24, 2.45) is 0 Å². The van der Waals surface area contributed by atoms with Crippen LogP contribution in [0.3, 0.4) is 0 Å². The van der Waals surface area contributed by atoms with Crippen LogP contribution in [0.1, 0.15) is 20.8 Å². The number of rotatable bonds is 4. The summed E-state index contributed by atoms with van der Waals surface area (Å²) >= 11 is 4.74. The maximum atomic E-state index is 13.1. The van der Waals surface area contributed by atoms with Gasteiger partial charge in [-0.15, -0.1) is 0 Å². The lowest BCUT2D eigenvalue weighted by Crippen LogP contribution is -2.56. The predicted octanol–water partition coefficient (Wildman–Crippen LogP) is 1.25. The number of esters is 1. The van der Waals surface area contributed by atoms with Crippen molar-refractivity contribution >= 4 is 23.7 Å². The molecule has 0 aromatic heterocycles. The summed E-state index contributed by atoms with van der Waals surface area (Å²) in [6.45, 7) is 4.53. The Morgan fingerprint density at radius 2 is 1.79 bits per heavy atom. The lowest BCUT2D eigenvalue weighted by molar-refractivity contribution is -0.155. The van der Waals surface area contributed by atoms with E-state index >= 15 is 0 Å². The third-order valence-electron chi connectivity index (χ3n) is 1.78. The predicted molar refractivity (Wildman–Crippen MR) is 62.0 cm³/mol. The highest BCUT2D eigenvalue weighted by Crippen LogP contribution is 2.26. The number of nitrogens with one attached hydrogen (secondary N) is 1. The summed E-state index contributed by atoms with van der Waals surface area (Å²) in [6.07, 6.45) is -3.58. The molecule has 112 valence electrons. The van der Waals surface area contributed by atoms with Crippen molar-refractivity contribution in [3.63, 3.8) is 0 Å². The fourth-order valence-electron chi connectivity index (χ4n) is 1.03. The number of hydrogen-bond acceptors (Lipinski definition) is 5. The molecular weight excluding hydrogens is 288 g/mol. The number of amides is 1. The van der Waals surface area contributed by atoms with Gasteiger partial charge >= 0.3 is 17.4 Å². The first-order chi connectivity index (χ1) is 8.38. The Morgan fingerprint density at radius 3 is 2.11 bits per heavy atom. The van der Waals surface area contributed by atoms with Crippen molar-refractivity contribution in [1.29, 1.82) is 0 Å². The number of methoxy groups -OCH3 is 1. The van der Waals surface area contributed by atoms with Crippen LogP contribution in [0.25, 0.3) is 0 Å². The third kappa shape index (κ3) is 6.53. The summed E-state index contributed by atoms with van der Waals surface area (Å²) in [5, 5.41) is 6.92. The minimum absolute atomic E-state index is 0.891. The van der Waals surface area contributed by atoms with Crippen LogP contribution in [0.5, 0.6) is 0 Å². The molecule has 6 nitrogen and oxygen atoms in total. The minimum atomic E-state index is -4.06. The van der Waals surface area contributed by atoms with Gasteiger partial charge in [0.15, 0.2) is 6.10 Å². The van der Waals surface area contributed by atoms with Gasteiger partial charge in [-0.1, -0.05) is 0 Å². The smallest absolute Gasteiger partial charge is 0.408 e. The summed E-state index contributed by atoms with van der Waals surface area (Å²) in [5.74, 6) is -1.36. The quantitative estimate of drug-likeness (QED) is 0.603. The number of aliphatic hydroxyl groups excluding tert-OH is 1. The number of alkyl halides is 3. The number of aliphatic hydroxyl groups is 1. The van der Waals surface area contributed by atoms with Crippen molar-refractivity contribution in [3.8, 4) is 0 Å². The summed E-state index contributed by atoms with van der Waals surface area (Å²) in [5.41, 5.74) is -0.938. The highest BCUT2D eigenvalue weighted by Gasteiger charge is 2.47. The second-order valence-electron chi connectivity index (χ2n) is 4.63. The van der Waals surface area contributed by atoms with Gasteiger partial charge in [0.1, 0.15) is 11.6 Å². The van der Waals surface area contributed by atoms with Crippen LogP contribution < -0.4 is 5.32 Å². The molecule has 9 heteroatoms. The van der Waals surface area contributed by atoms with Gasteiger partial charge in [-0.2, -0.15) is 8.78 Å². The Kier molecular flexibility index (Phi) is 5.95. The Morgan fingerprint density at radius 1 is 1.32 bits per heavy atom. The first-order valence-electron chi connectivity index (χ1n) is 5.20. The Hall–Kier alpha value is -1.15. The van der Waals surface area contributed by atoms with Crippen LogP contribution in [0, 0.1) is 0 Å². The Bertz CT molecular complexity index is 340. The number of hydrogen-bond donors (Lipinski definition) is 2. The first-order valence-corrected chi connectivity index (χ1v) is 5.58. The van der Waals surface area contributed by atoms with Gasteiger partial charge in [-0.05, 0) is 32.4 Å². The average molecular weight is 304 g/mol. The molecule has 0 aromatic rings. The summed E-state index contributed by atoms with van der Waals surface area (Å²) < 4.78 is 34.9. The molecule has 2 N–H and O–H groups in total. The van der Waals surface area contributed by atoms with Crippen LogP contribution >= 0.6 is 11.6 Å². The number of alkyl carbamates (subject to hydrolysis) is 1. The van der Waals surface area contributed by atoms with Crippen molar-refractivity contribution < 1.29 is 33.0 Å². The number of halogens is 3. The van der Waals surface area contributed by atoms with Gasteiger partial charge in [-0.3, -0.25) is 0 Å². The largest absolute Gasteiger partial charge is 0.467 e. The maximum absolute atomic E-state index is 13.1. The van der Waals surface area contributed by atoms with Crippen LogP contribution in [0.4, 0.5) is 13.6 Å². The van der Waals surface area contributed by atoms with Crippen LogP contribution in [0.15, 0.2) is 0 Å². The Labute approximate surface area is 114 Å². The summed E-state index contributed by atoms with van der Waals surface area (Å²) in [6, 6.07) is -2.38. The van der Waals surface area contributed by atoms with Crippen LogP contribution in [-0.2, 0) is 14.3 Å². The van der Waals surface area contributed by atoms with Crippen LogP contribution in [-0.4, -0.2) is 47.4 Å². The molecule has 0 rings (SSSR count). The number of carbonyl (C=O) groups excluding carboxylic acids is 2. The molecule has 0 aliphatic carbocycles. The maximum Gasteiger partial charge on any atom is 0.408 e.